The first-order valence-corrected chi connectivity index (χ1v) is 12.7. The summed E-state index contributed by atoms with van der Waals surface area (Å²) >= 11 is 0. The SMILES string of the molecule is CC(C)CCC[C@@](C)(O)C1CCC2[C@@H]3CC=C4C[C@@H](O)CC[C@]4(C)C3CC[C@@]21C. The van der Waals surface area contributed by atoms with Crippen LogP contribution in [-0.2, 0) is 0 Å². The van der Waals surface area contributed by atoms with Crippen LogP contribution in [0.4, 0.5) is 0 Å². The Morgan fingerprint density at radius 1 is 1.10 bits per heavy atom. The second kappa shape index (κ2) is 7.66. The summed E-state index contributed by atoms with van der Waals surface area (Å²) in [5.74, 6) is 3.53. The fourth-order valence-electron chi connectivity index (χ4n) is 8.71. The topological polar surface area (TPSA) is 40.5 Å². The van der Waals surface area contributed by atoms with E-state index in [4.69, 9.17) is 0 Å². The minimum absolute atomic E-state index is 0.114. The van der Waals surface area contributed by atoms with Crippen molar-refractivity contribution in [3.05, 3.63) is 11.6 Å². The summed E-state index contributed by atoms with van der Waals surface area (Å²) in [6, 6.07) is 0. The highest BCUT2D eigenvalue weighted by atomic mass is 16.3. The van der Waals surface area contributed by atoms with Crippen LogP contribution in [0.2, 0.25) is 0 Å². The first-order valence-electron chi connectivity index (χ1n) is 12.7. The van der Waals surface area contributed by atoms with Gasteiger partial charge in [-0.15, -0.1) is 0 Å². The van der Waals surface area contributed by atoms with Crippen LogP contribution in [0.3, 0.4) is 0 Å². The minimum Gasteiger partial charge on any atom is -0.393 e. The van der Waals surface area contributed by atoms with Gasteiger partial charge in [0.05, 0.1) is 11.7 Å². The fourth-order valence-corrected chi connectivity index (χ4v) is 8.71. The molecule has 0 amide bonds. The Hall–Kier alpha value is -0.340. The molecule has 0 aromatic heterocycles. The van der Waals surface area contributed by atoms with E-state index in [1.807, 2.05) is 0 Å². The average molecular weight is 403 g/mol. The molecule has 2 heteroatoms. The van der Waals surface area contributed by atoms with Crippen molar-refractivity contribution in [2.75, 3.05) is 0 Å². The van der Waals surface area contributed by atoms with Gasteiger partial charge >= 0.3 is 0 Å². The van der Waals surface area contributed by atoms with Gasteiger partial charge in [0.25, 0.3) is 0 Å². The van der Waals surface area contributed by atoms with Gasteiger partial charge in [0, 0.05) is 0 Å². The molecule has 4 aliphatic carbocycles. The van der Waals surface area contributed by atoms with Gasteiger partial charge in [-0.2, -0.15) is 0 Å². The fraction of sp³-hybridized carbons (Fsp3) is 0.926. The molecule has 0 aromatic carbocycles. The molecule has 4 aliphatic rings. The van der Waals surface area contributed by atoms with Gasteiger partial charge < -0.3 is 10.2 Å². The Morgan fingerprint density at radius 2 is 1.86 bits per heavy atom. The van der Waals surface area contributed by atoms with Crippen molar-refractivity contribution in [3.8, 4) is 0 Å². The number of hydrogen-bond donors (Lipinski definition) is 2. The van der Waals surface area contributed by atoms with E-state index in [1.54, 1.807) is 5.57 Å². The van der Waals surface area contributed by atoms with Crippen LogP contribution in [-0.4, -0.2) is 21.9 Å². The molecule has 0 spiro atoms. The van der Waals surface area contributed by atoms with Gasteiger partial charge in [0.15, 0.2) is 0 Å². The lowest BCUT2D eigenvalue weighted by atomic mass is 9.46. The molecule has 3 fully saturated rings. The summed E-state index contributed by atoms with van der Waals surface area (Å²) < 4.78 is 0. The van der Waals surface area contributed by atoms with E-state index in [2.05, 4.69) is 40.7 Å². The number of aliphatic hydroxyl groups excluding tert-OH is 1. The van der Waals surface area contributed by atoms with E-state index in [-0.39, 0.29) is 6.10 Å². The molecule has 8 atom stereocenters. The van der Waals surface area contributed by atoms with Gasteiger partial charge in [-0.05, 0) is 105 Å². The number of aliphatic hydroxyl groups is 2. The first kappa shape index (κ1) is 21.9. The zero-order valence-corrected chi connectivity index (χ0v) is 19.7. The van der Waals surface area contributed by atoms with E-state index in [0.717, 1.165) is 49.4 Å². The molecular weight excluding hydrogens is 356 g/mol. The van der Waals surface area contributed by atoms with Gasteiger partial charge in [-0.3, -0.25) is 0 Å². The molecule has 0 saturated heterocycles. The molecule has 0 aliphatic heterocycles. The summed E-state index contributed by atoms with van der Waals surface area (Å²) in [6.45, 7) is 11.8. The molecule has 0 aromatic rings. The molecule has 2 nitrogen and oxygen atoms in total. The van der Waals surface area contributed by atoms with E-state index in [0.29, 0.717) is 16.7 Å². The Bertz CT molecular complexity index is 634. The maximum atomic E-state index is 11.6. The Labute approximate surface area is 179 Å². The van der Waals surface area contributed by atoms with E-state index < -0.39 is 5.60 Å². The van der Waals surface area contributed by atoms with E-state index >= 15 is 0 Å². The maximum Gasteiger partial charge on any atom is 0.0653 e. The molecule has 0 heterocycles. The van der Waals surface area contributed by atoms with Crippen molar-refractivity contribution in [2.24, 2.45) is 40.4 Å². The quantitative estimate of drug-likeness (QED) is 0.515. The predicted molar refractivity (Wildman–Crippen MR) is 121 cm³/mol. The summed E-state index contributed by atoms with van der Waals surface area (Å²) in [5, 5.41) is 21.8. The second-order valence-electron chi connectivity index (χ2n) is 12.5. The lowest BCUT2D eigenvalue weighted by Gasteiger charge is -2.59. The van der Waals surface area contributed by atoms with Crippen LogP contribution in [0.25, 0.3) is 0 Å². The van der Waals surface area contributed by atoms with Gasteiger partial charge in [-0.25, -0.2) is 0 Å². The van der Waals surface area contributed by atoms with Crippen molar-refractivity contribution in [3.63, 3.8) is 0 Å². The van der Waals surface area contributed by atoms with Crippen molar-refractivity contribution in [1.82, 2.24) is 0 Å². The Balaban J connectivity index is 1.53. The van der Waals surface area contributed by atoms with Gasteiger partial charge in [0.1, 0.15) is 0 Å². The van der Waals surface area contributed by atoms with Crippen LogP contribution in [0.5, 0.6) is 0 Å². The zero-order valence-electron chi connectivity index (χ0n) is 19.7. The third kappa shape index (κ3) is 3.65. The summed E-state index contributed by atoms with van der Waals surface area (Å²) in [7, 11) is 0. The molecule has 0 bridgehead atoms. The van der Waals surface area contributed by atoms with E-state index in [9.17, 15) is 10.2 Å². The van der Waals surface area contributed by atoms with Crippen LogP contribution in [0, 0.1) is 40.4 Å². The Morgan fingerprint density at radius 3 is 2.59 bits per heavy atom. The Kier molecular flexibility index (Phi) is 5.78. The maximum absolute atomic E-state index is 11.6. The average Bonchev–Trinajstić information content (AvgIpc) is 3.00. The lowest BCUT2D eigenvalue weighted by molar-refractivity contribution is -0.105. The number of allylic oxidation sites excluding steroid dienone is 1. The highest BCUT2D eigenvalue weighted by molar-refractivity contribution is 5.25. The standard InChI is InChI=1S/C27H46O2/c1-18(2)7-6-14-27(5,29)24-11-10-22-21-9-8-19-17-20(28)12-15-25(19,3)23(21)13-16-26(22,24)4/h8,18,20-24,28-29H,6-7,9-17H2,1-5H3/t20-,21-,22?,23?,24?,25-,26-,27+/m0/s1. The third-order valence-electron chi connectivity index (χ3n) is 10.3. The number of rotatable bonds is 5. The largest absolute Gasteiger partial charge is 0.393 e. The first-order chi connectivity index (χ1) is 13.6. The van der Waals surface area contributed by atoms with E-state index in [1.165, 1.54) is 44.9 Å². The third-order valence-corrected chi connectivity index (χ3v) is 10.3. The summed E-state index contributed by atoms with van der Waals surface area (Å²) in [5.41, 5.74) is 1.68. The van der Waals surface area contributed by atoms with Crippen molar-refractivity contribution < 1.29 is 10.2 Å². The molecule has 166 valence electrons. The van der Waals surface area contributed by atoms with Crippen LogP contribution in [0.15, 0.2) is 11.6 Å². The van der Waals surface area contributed by atoms with Crippen LogP contribution >= 0.6 is 0 Å². The molecule has 0 radical (unpaired) electrons. The molecule has 29 heavy (non-hydrogen) atoms. The predicted octanol–water partition coefficient (Wildman–Crippen LogP) is 6.50. The summed E-state index contributed by atoms with van der Waals surface area (Å²) in [4.78, 5) is 0. The summed E-state index contributed by atoms with van der Waals surface area (Å²) in [6.07, 6.45) is 15.2. The lowest BCUT2D eigenvalue weighted by Crippen LogP contribution is -2.53. The molecule has 2 N–H and O–H groups in total. The van der Waals surface area contributed by atoms with Crippen molar-refractivity contribution >= 4 is 0 Å². The number of hydrogen-bond acceptors (Lipinski definition) is 2. The second-order valence-corrected chi connectivity index (χ2v) is 12.5. The van der Waals surface area contributed by atoms with Gasteiger partial charge in [0.2, 0.25) is 0 Å². The van der Waals surface area contributed by atoms with Crippen LogP contribution < -0.4 is 0 Å². The normalized spacial score (nSPS) is 46.5. The van der Waals surface area contributed by atoms with Gasteiger partial charge in [-0.1, -0.05) is 52.2 Å². The number of fused-ring (bicyclic) bond motifs is 5. The van der Waals surface area contributed by atoms with Crippen LogP contribution in [0.1, 0.15) is 105 Å². The highest BCUT2D eigenvalue weighted by Crippen LogP contribution is 2.67. The molecular formula is C27H46O2. The monoisotopic (exact) mass is 402 g/mol. The van der Waals surface area contributed by atoms with Crippen molar-refractivity contribution in [1.29, 1.82) is 0 Å². The molecule has 3 saturated carbocycles. The smallest absolute Gasteiger partial charge is 0.0653 e. The molecule has 3 unspecified atom stereocenters. The minimum atomic E-state index is -0.514. The zero-order chi connectivity index (χ0) is 21.0. The van der Waals surface area contributed by atoms with Crippen molar-refractivity contribution in [2.45, 2.75) is 117 Å². The highest BCUT2D eigenvalue weighted by Gasteiger charge is 2.61. The molecule has 4 rings (SSSR count).